The van der Waals surface area contributed by atoms with Crippen LogP contribution in [0, 0.1) is 0 Å². The topological polar surface area (TPSA) is 47.6 Å². The van der Waals surface area contributed by atoms with Crippen molar-refractivity contribution in [2.45, 2.75) is 45.2 Å². The van der Waals surface area contributed by atoms with Crippen molar-refractivity contribution in [2.24, 2.45) is 0 Å². The molecular weight excluding hydrogens is 194 g/mol. The average molecular weight is 215 g/mol. The Balaban J connectivity index is 2.28. The van der Waals surface area contributed by atoms with Gasteiger partial charge in [0.15, 0.2) is 0 Å². The molecule has 4 heteroatoms. The highest BCUT2D eigenvalue weighted by Crippen LogP contribution is 2.18. The monoisotopic (exact) mass is 215 g/mol. The minimum atomic E-state index is -0.139. The minimum Gasteiger partial charge on any atom is -0.466 e. The molecule has 1 N–H and O–H groups in total. The van der Waals surface area contributed by atoms with Crippen LogP contribution < -0.4 is 5.32 Å². The lowest BCUT2D eigenvalue weighted by molar-refractivity contribution is -0.143. The Morgan fingerprint density at radius 2 is 2.40 bits per heavy atom. The SMILES string of the molecule is CCOC(=O)CC(C)NC1(C)CCOC1. The fourth-order valence-corrected chi connectivity index (χ4v) is 1.90. The summed E-state index contributed by atoms with van der Waals surface area (Å²) in [5.41, 5.74) is 0.0198. The standard InChI is InChI=1S/C11H21NO3/c1-4-15-10(13)7-9(2)12-11(3)5-6-14-8-11/h9,12H,4-8H2,1-3H3. The lowest BCUT2D eigenvalue weighted by Crippen LogP contribution is -2.48. The molecule has 88 valence electrons. The molecule has 0 saturated carbocycles. The maximum atomic E-state index is 11.2. The molecule has 0 aromatic carbocycles. The number of hydrogen-bond donors (Lipinski definition) is 1. The van der Waals surface area contributed by atoms with Gasteiger partial charge in [-0.15, -0.1) is 0 Å². The van der Waals surface area contributed by atoms with Crippen LogP contribution in [0.1, 0.15) is 33.6 Å². The van der Waals surface area contributed by atoms with Gasteiger partial charge in [-0.3, -0.25) is 4.79 Å². The van der Waals surface area contributed by atoms with Crippen LogP contribution in [0.3, 0.4) is 0 Å². The second-order valence-corrected chi connectivity index (χ2v) is 4.42. The second-order valence-electron chi connectivity index (χ2n) is 4.42. The molecular formula is C11H21NO3. The summed E-state index contributed by atoms with van der Waals surface area (Å²) in [4.78, 5) is 11.2. The fraction of sp³-hybridized carbons (Fsp3) is 0.909. The van der Waals surface area contributed by atoms with Gasteiger partial charge in [0, 0.05) is 18.2 Å². The van der Waals surface area contributed by atoms with E-state index in [1.807, 2.05) is 13.8 Å². The molecule has 0 radical (unpaired) electrons. The summed E-state index contributed by atoms with van der Waals surface area (Å²) in [5, 5.41) is 3.42. The van der Waals surface area contributed by atoms with Crippen LogP contribution in [0.5, 0.6) is 0 Å². The van der Waals surface area contributed by atoms with Crippen molar-refractivity contribution in [3.8, 4) is 0 Å². The Morgan fingerprint density at radius 3 is 2.93 bits per heavy atom. The molecule has 0 amide bonds. The van der Waals surface area contributed by atoms with Crippen molar-refractivity contribution >= 4 is 5.97 Å². The van der Waals surface area contributed by atoms with E-state index < -0.39 is 0 Å². The van der Waals surface area contributed by atoms with Crippen LogP contribution in [-0.2, 0) is 14.3 Å². The predicted octanol–water partition coefficient (Wildman–Crippen LogP) is 1.10. The Labute approximate surface area is 91.3 Å². The average Bonchev–Trinajstić information content (AvgIpc) is 2.51. The lowest BCUT2D eigenvalue weighted by atomic mass is 10.00. The summed E-state index contributed by atoms with van der Waals surface area (Å²) in [6, 6.07) is 0.135. The van der Waals surface area contributed by atoms with Crippen LogP contribution in [0.15, 0.2) is 0 Å². The molecule has 1 heterocycles. The van der Waals surface area contributed by atoms with Crippen molar-refractivity contribution in [3.63, 3.8) is 0 Å². The largest absolute Gasteiger partial charge is 0.466 e. The van der Waals surface area contributed by atoms with E-state index in [1.54, 1.807) is 0 Å². The number of ether oxygens (including phenoxy) is 2. The van der Waals surface area contributed by atoms with Gasteiger partial charge in [0.2, 0.25) is 0 Å². The van der Waals surface area contributed by atoms with Crippen LogP contribution in [-0.4, -0.2) is 37.4 Å². The summed E-state index contributed by atoms with van der Waals surface area (Å²) in [5.74, 6) is -0.139. The molecule has 2 unspecified atom stereocenters. The number of carbonyl (C=O) groups is 1. The summed E-state index contributed by atoms with van der Waals surface area (Å²) >= 11 is 0. The first-order valence-electron chi connectivity index (χ1n) is 5.57. The zero-order valence-electron chi connectivity index (χ0n) is 9.84. The van der Waals surface area contributed by atoms with Gasteiger partial charge in [-0.2, -0.15) is 0 Å². The maximum Gasteiger partial charge on any atom is 0.307 e. The highest BCUT2D eigenvalue weighted by Gasteiger charge is 2.31. The van der Waals surface area contributed by atoms with E-state index in [-0.39, 0.29) is 17.6 Å². The molecule has 15 heavy (non-hydrogen) atoms. The summed E-state index contributed by atoms with van der Waals surface area (Å²) in [7, 11) is 0. The van der Waals surface area contributed by atoms with Crippen molar-refractivity contribution in [2.75, 3.05) is 19.8 Å². The number of esters is 1. The van der Waals surface area contributed by atoms with E-state index in [0.717, 1.165) is 19.6 Å². The first kappa shape index (κ1) is 12.5. The first-order chi connectivity index (χ1) is 7.06. The highest BCUT2D eigenvalue weighted by molar-refractivity contribution is 5.70. The highest BCUT2D eigenvalue weighted by atomic mass is 16.5. The quantitative estimate of drug-likeness (QED) is 0.698. The smallest absolute Gasteiger partial charge is 0.307 e. The van der Waals surface area contributed by atoms with E-state index in [9.17, 15) is 4.79 Å². The van der Waals surface area contributed by atoms with Gasteiger partial charge < -0.3 is 14.8 Å². The molecule has 2 atom stereocenters. The summed E-state index contributed by atoms with van der Waals surface area (Å²) in [6.07, 6.45) is 1.42. The molecule has 1 rings (SSSR count). The van der Waals surface area contributed by atoms with E-state index in [1.165, 1.54) is 0 Å². The van der Waals surface area contributed by atoms with Gasteiger partial charge in [-0.05, 0) is 27.2 Å². The van der Waals surface area contributed by atoms with Gasteiger partial charge in [-0.25, -0.2) is 0 Å². The third-order valence-electron chi connectivity index (χ3n) is 2.59. The molecule has 0 aromatic heterocycles. The number of nitrogens with one attached hydrogen (secondary N) is 1. The molecule has 4 nitrogen and oxygen atoms in total. The lowest BCUT2D eigenvalue weighted by Gasteiger charge is -2.27. The van der Waals surface area contributed by atoms with Gasteiger partial charge in [0.25, 0.3) is 0 Å². The van der Waals surface area contributed by atoms with Crippen molar-refractivity contribution < 1.29 is 14.3 Å². The van der Waals surface area contributed by atoms with Crippen molar-refractivity contribution in [1.82, 2.24) is 5.32 Å². The number of hydrogen-bond acceptors (Lipinski definition) is 4. The Hall–Kier alpha value is -0.610. The third kappa shape index (κ3) is 4.18. The van der Waals surface area contributed by atoms with Gasteiger partial charge >= 0.3 is 5.97 Å². The van der Waals surface area contributed by atoms with Crippen LogP contribution >= 0.6 is 0 Å². The van der Waals surface area contributed by atoms with E-state index in [0.29, 0.717) is 13.0 Å². The van der Waals surface area contributed by atoms with Crippen LogP contribution in [0.2, 0.25) is 0 Å². The van der Waals surface area contributed by atoms with Gasteiger partial charge in [0.05, 0.1) is 19.6 Å². The van der Waals surface area contributed by atoms with Crippen molar-refractivity contribution in [3.05, 3.63) is 0 Å². The third-order valence-corrected chi connectivity index (χ3v) is 2.59. The normalized spacial score (nSPS) is 27.7. The van der Waals surface area contributed by atoms with Gasteiger partial charge in [0.1, 0.15) is 0 Å². The molecule has 0 aromatic rings. The molecule has 0 aliphatic carbocycles. The molecule has 1 saturated heterocycles. The number of rotatable bonds is 5. The van der Waals surface area contributed by atoms with E-state index in [2.05, 4.69) is 12.2 Å². The fourth-order valence-electron chi connectivity index (χ4n) is 1.90. The summed E-state index contributed by atoms with van der Waals surface area (Å²) < 4.78 is 10.2. The molecule has 1 fully saturated rings. The first-order valence-corrected chi connectivity index (χ1v) is 5.57. The van der Waals surface area contributed by atoms with Crippen LogP contribution in [0.25, 0.3) is 0 Å². The van der Waals surface area contributed by atoms with Crippen LogP contribution in [0.4, 0.5) is 0 Å². The maximum absolute atomic E-state index is 11.2. The second kappa shape index (κ2) is 5.47. The summed E-state index contributed by atoms with van der Waals surface area (Å²) in [6.45, 7) is 7.92. The van der Waals surface area contributed by atoms with E-state index >= 15 is 0 Å². The van der Waals surface area contributed by atoms with Crippen molar-refractivity contribution in [1.29, 1.82) is 0 Å². The molecule has 1 aliphatic heterocycles. The predicted molar refractivity (Wildman–Crippen MR) is 57.7 cm³/mol. The Kier molecular flexibility index (Phi) is 4.54. The molecule has 0 spiro atoms. The Bertz CT molecular complexity index is 212. The Morgan fingerprint density at radius 1 is 1.67 bits per heavy atom. The zero-order chi connectivity index (χ0) is 11.3. The molecule has 1 aliphatic rings. The molecule has 0 bridgehead atoms. The van der Waals surface area contributed by atoms with E-state index in [4.69, 9.17) is 9.47 Å². The van der Waals surface area contributed by atoms with Gasteiger partial charge in [-0.1, -0.05) is 0 Å². The zero-order valence-corrected chi connectivity index (χ0v) is 9.84. The minimum absolute atomic E-state index is 0.0198. The number of carbonyl (C=O) groups excluding carboxylic acids is 1.